The molecule has 5 heteroatoms. The Labute approximate surface area is 107 Å². The van der Waals surface area contributed by atoms with E-state index in [1.165, 1.54) is 0 Å². The summed E-state index contributed by atoms with van der Waals surface area (Å²) in [5.41, 5.74) is 1.05. The van der Waals surface area contributed by atoms with Gasteiger partial charge in [0.25, 0.3) is 0 Å². The number of nitrogens with one attached hydrogen (secondary N) is 1. The summed E-state index contributed by atoms with van der Waals surface area (Å²) in [6.45, 7) is 7.16. The van der Waals surface area contributed by atoms with E-state index in [9.17, 15) is 0 Å². The molecule has 2 heterocycles. The van der Waals surface area contributed by atoms with Crippen molar-refractivity contribution < 1.29 is 0 Å². The summed E-state index contributed by atoms with van der Waals surface area (Å²) < 4.78 is 1.92. The second kappa shape index (κ2) is 5.62. The van der Waals surface area contributed by atoms with E-state index in [1.807, 2.05) is 17.7 Å². The molecule has 0 amide bonds. The molecule has 96 valence electrons. The molecule has 0 saturated carbocycles. The van der Waals surface area contributed by atoms with Crippen LogP contribution in [0.4, 0.5) is 5.82 Å². The van der Waals surface area contributed by atoms with Gasteiger partial charge in [0.05, 0.1) is 0 Å². The van der Waals surface area contributed by atoms with Gasteiger partial charge in [-0.15, -0.1) is 0 Å². The third kappa shape index (κ3) is 2.50. The first-order chi connectivity index (χ1) is 8.76. The van der Waals surface area contributed by atoms with Crippen LogP contribution in [0.15, 0.2) is 18.7 Å². The molecule has 0 aliphatic heterocycles. The van der Waals surface area contributed by atoms with Gasteiger partial charge in [-0.3, -0.25) is 4.57 Å². The molecule has 0 aliphatic rings. The minimum absolute atomic E-state index is 0.822. The van der Waals surface area contributed by atoms with Gasteiger partial charge in [-0.25, -0.2) is 15.0 Å². The Morgan fingerprint density at radius 2 is 2.11 bits per heavy atom. The van der Waals surface area contributed by atoms with Crippen LogP contribution in [0.3, 0.4) is 0 Å². The van der Waals surface area contributed by atoms with Gasteiger partial charge in [0.2, 0.25) is 0 Å². The monoisotopic (exact) mass is 245 g/mol. The number of anilines is 1. The number of hydrogen-bond acceptors (Lipinski definition) is 4. The standard InChI is InChI=1S/C13H19N5/c1-4-6-15-12-10(3)13(17-11(5-2)16-12)18-8-7-14-9-18/h7-9H,4-6H2,1-3H3,(H,15,16,17). The van der Waals surface area contributed by atoms with E-state index in [1.54, 1.807) is 12.5 Å². The Morgan fingerprint density at radius 3 is 2.72 bits per heavy atom. The van der Waals surface area contributed by atoms with E-state index in [4.69, 9.17) is 0 Å². The fourth-order valence-corrected chi connectivity index (χ4v) is 1.76. The van der Waals surface area contributed by atoms with E-state index >= 15 is 0 Å². The summed E-state index contributed by atoms with van der Waals surface area (Å²) in [5, 5.41) is 3.35. The number of rotatable bonds is 5. The molecular formula is C13H19N5. The Hall–Kier alpha value is -1.91. The van der Waals surface area contributed by atoms with Gasteiger partial charge >= 0.3 is 0 Å². The van der Waals surface area contributed by atoms with Gasteiger partial charge in [-0.1, -0.05) is 13.8 Å². The smallest absolute Gasteiger partial charge is 0.146 e. The van der Waals surface area contributed by atoms with E-state index in [0.717, 1.165) is 42.4 Å². The lowest BCUT2D eigenvalue weighted by molar-refractivity contribution is 0.865. The fraction of sp³-hybridized carbons (Fsp3) is 0.462. The van der Waals surface area contributed by atoms with Crippen molar-refractivity contribution in [2.24, 2.45) is 0 Å². The number of aryl methyl sites for hydroxylation is 1. The zero-order valence-electron chi connectivity index (χ0n) is 11.1. The Bertz CT molecular complexity index is 504. The third-order valence-corrected chi connectivity index (χ3v) is 2.77. The largest absolute Gasteiger partial charge is 0.370 e. The van der Waals surface area contributed by atoms with E-state index < -0.39 is 0 Å². The first-order valence-corrected chi connectivity index (χ1v) is 6.36. The van der Waals surface area contributed by atoms with Gasteiger partial charge in [-0.05, 0) is 13.3 Å². The summed E-state index contributed by atoms with van der Waals surface area (Å²) in [7, 11) is 0. The van der Waals surface area contributed by atoms with Crippen molar-refractivity contribution in [2.45, 2.75) is 33.6 Å². The van der Waals surface area contributed by atoms with E-state index in [-0.39, 0.29) is 0 Å². The predicted molar refractivity (Wildman–Crippen MR) is 72.0 cm³/mol. The summed E-state index contributed by atoms with van der Waals surface area (Å²) >= 11 is 0. The minimum atomic E-state index is 0.822. The van der Waals surface area contributed by atoms with Crippen molar-refractivity contribution in [3.8, 4) is 5.82 Å². The molecule has 18 heavy (non-hydrogen) atoms. The van der Waals surface area contributed by atoms with Gasteiger partial charge in [0.15, 0.2) is 0 Å². The lowest BCUT2D eigenvalue weighted by Gasteiger charge is -2.13. The number of nitrogens with zero attached hydrogens (tertiary/aromatic N) is 4. The average Bonchev–Trinajstić information content (AvgIpc) is 2.91. The topological polar surface area (TPSA) is 55.6 Å². The first kappa shape index (κ1) is 12.5. The van der Waals surface area contributed by atoms with Crippen LogP contribution in [-0.4, -0.2) is 26.1 Å². The second-order valence-corrected chi connectivity index (χ2v) is 4.19. The van der Waals surface area contributed by atoms with Gasteiger partial charge < -0.3 is 5.32 Å². The average molecular weight is 245 g/mol. The number of aromatic nitrogens is 4. The Morgan fingerprint density at radius 1 is 1.28 bits per heavy atom. The Balaban J connectivity index is 2.45. The quantitative estimate of drug-likeness (QED) is 0.878. The van der Waals surface area contributed by atoms with Crippen LogP contribution in [0.5, 0.6) is 0 Å². The van der Waals surface area contributed by atoms with Crippen LogP contribution in [0, 0.1) is 6.92 Å². The highest BCUT2D eigenvalue weighted by Crippen LogP contribution is 2.19. The highest BCUT2D eigenvalue weighted by molar-refractivity contribution is 5.51. The lowest BCUT2D eigenvalue weighted by Crippen LogP contribution is -2.11. The SMILES string of the molecule is CCCNc1nc(CC)nc(-n2ccnc2)c1C. The molecule has 1 N–H and O–H groups in total. The number of hydrogen-bond donors (Lipinski definition) is 1. The molecule has 0 atom stereocenters. The van der Waals surface area contributed by atoms with Gasteiger partial charge in [0, 0.05) is 30.9 Å². The van der Waals surface area contributed by atoms with Crippen LogP contribution in [0.25, 0.3) is 5.82 Å². The molecule has 5 nitrogen and oxygen atoms in total. The van der Waals surface area contributed by atoms with Crippen LogP contribution in [0.1, 0.15) is 31.7 Å². The molecule has 0 spiro atoms. The fourth-order valence-electron chi connectivity index (χ4n) is 1.76. The Kier molecular flexibility index (Phi) is 3.92. The van der Waals surface area contributed by atoms with Crippen molar-refractivity contribution in [3.05, 3.63) is 30.1 Å². The van der Waals surface area contributed by atoms with Gasteiger partial charge in [-0.2, -0.15) is 0 Å². The zero-order valence-corrected chi connectivity index (χ0v) is 11.1. The molecule has 0 saturated heterocycles. The lowest BCUT2D eigenvalue weighted by atomic mass is 10.2. The second-order valence-electron chi connectivity index (χ2n) is 4.19. The van der Waals surface area contributed by atoms with Crippen molar-refractivity contribution in [3.63, 3.8) is 0 Å². The molecule has 2 rings (SSSR count). The number of imidazole rings is 1. The van der Waals surface area contributed by atoms with Crippen LogP contribution >= 0.6 is 0 Å². The molecule has 0 aromatic carbocycles. The first-order valence-electron chi connectivity index (χ1n) is 6.36. The molecular weight excluding hydrogens is 226 g/mol. The summed E-state index contributed by atoms with van der Waals surface area (Å²) in [5.74, 6) is 2.67. The molecule has 0 unspecified atom stereocenters. The summed E-state index contributed by atoms with van der Waals surface area (Å²) in [6, 6.07) is 0. The van der Waals surface area contributed by atoms with Crippen molar-refractivity contribution in [1.29, 1.82) is 0 Å². The van der Waals surface area contributed by atoms with Crippen LogP contribution < -0.4 is 5.32 Å². The van der Waals surface area contributed by atoms with Gasteiger partial charge in [0.1, 0.15) is 23.8 Å². The molecule has 2 aromatic heterocycles. The maximum Gasteiger partial charge on any atom is 0.146 e. The summed E-state index contributed by atoms with van der Waals surface area (Å²) in [6.07, 6.45) is 7.32. The van der Waals surface area contributed by atoms with Crippen molar-refractivity contribution in [2.75, 3.05) is 11.9 Å². The predicted octanol–water partition coefficient (Wildman–Crippen LogP) is 2.36. The zero-order chi connectivity index (χ0) is 13.0. The normalized spacial score (nSPS) is 10.6. The molecule has 0 fully saturated rings. The molecule has 0 aliphatic carbocycles. The van der Waals surface area contributed by atoms with Crippen LogP contribution in [0.2, 0.25) is 0 Å². The molecule has 2 aromatic rings. The summed E-state index contributed by atoms with van der Waals surface area (Å²) in [4.78, 5) is 13.2. The van der Waals surface area contributed by atoms with E-state index in [0.29, 0.717) is 0 Å². The maximum atomic E-state index is 4.57. The van der Waals surface area contributed by atoms with E-state index in [2.05, 4.69) is 34.1 Å². The third-order valence-electron chi connectivity index (χ3n) is 2.77. The van der Waals surface area contributed by atoms with Crippen molar-refractivity contribution in [1.82, 2.24) is 19.5 Å². The minimum Gasteiger partial charge on any atom is -0.370 e. The highest BCUT2D eigenvalue weighted by Gasteiger charge is 2.11. The van der Waals surface area contributed by atoms with Crippen molar-refractivity contribution >= 4 is 5.82 Å². The highest BCUT2D eigenvalue weighted by atomic mass is 15.1. The molecule has 0 radical (unpaired) electrons. The molecule has 0 bridgehead atoms. The maximum absolute atomic E-state index is 4.57. The van der Waals surface area contributed by atoms with Crippen LogP contribution in [-0.2, 0) is 6.42 Å².